The van der Waals surface area contributed by atoms with E-state index in [2.05, 4.69) is 65.5 Å². The molecule has 4 rings (SSSR count). The van der Waals surface area contributed by atoms with Crippen molar-refractivity contribution in [3.63, 3.8) is 0 Å². The van der Waals surface area contributed by atoms with Crippen molar-refractivity contribution in [3.05, 3.63) is 102 Å². The number of hydrogen-bond donors (Lipinski definition) is 0. The fourth-order valence-corrected chi connectivity index (χ4v) is 3.04. The highest BCUT2D eigenvalue weighted by Crippen LogP contribution is 2.34. The van der Waals surface area contributed by atoms with Crippen LogP contribution in [0.15, 0.2) is 97.3 Å². The van der Waals surface area contributed by atoms with Crippen LogP contribution in [0.25, 0.3) is 27.9 Å². The monoisotopic (exact) mass is 329 g/mol. The van der Waals surface area contributed by atoms with Crippen LogP contribution in [0.4, 0.5) is 0 Å². The number of hydrogen-bond acceptors (Lipinski definition) is 0. The molecule has 0 amide bonds. The van der Waals surface area contributed by atoms with E-state index in [1.807, 2.05) is 36.4 Å². The van der Waals surface area contributed by atoms with E-state index in [0.29, 0.717) is 0 Å². The van der Waals surface area contributed by atoms with Crippen LogP contribution in [-0.2, 0) is 0 Å². The van der Waals surface area contributed by atoms with Gasteiger partial charge in [0.15, 0.2) is 0 Å². The molecule has 0 radical (unpaired) electrons. The third-order valence-corrected chi connectivity index (χ3v) is 4.37. The van der Waals surface area contributed by atoms with Gasteiger partial charge in [-0.2, -0.15) is 0 Å². The van der Waals surface area contributed by atoms with E-state index >= 15 is 0 Å². The number of aromatic nitrogens is 1. The summed E-state index contributed by atoms with van der Waals surface area (Å²) in [5.74, 6) is 0. The Kier molecular flexibility index (Phi) is 3.94. The molecule has 0 saturated carbocycles. The molecule has 1 nitrogen and oxygen atoms in total. The van der Waals surface area contributed by atoms with Gasteiger partial charge in [0.05, 0.1) is 0 Å². The standard InChI is InChI=1S/C22H16ClN/c23-19-11-13-20(14-12-19)24-15-21(17-7-3-1-4-8-17)22(16-24)18-9-5-2-6-10-18/h1-16H. The first-order valence-corrected chi connectivity index (χ1v) is 8.28. The van der Waals surface area contributed by atoms with E-state index in [-0.39, 0.29) is 0 Å². The lowest BCUT2D eigenvalue weighted by atomic mass is 9.99. The molecule has 2 heteroatoms. The number of nitrogens with zero attached hydrogens (tertiary/aromatic N) is 1. The maximum atomic E-state index is 6.02. The van der Waals surface area contributed by atoms with Crippen molar-refractivity contribution in [2.75, 3.05) is 0 Å². The van der Waals surface area contributed by atoms with Crippen LogP contribution in [0.5, 0.6) is 0 Å². The zero-order valence-corrected chi connectivity index (χ0v) is 13.8. The molecule has 0 fully saturated rings. The maximum absolute atomic E-state index is 6.02. The van der Waals surface area contributed by atoms with E-state index in [0.717, 1.165) is 10.7 Å². The third-order valence-electron chi connectivity index (χ3n) is 4.12. The van der Waals surface area contributed by atoms with Gasteiger partial charge in [0.1, 0.15) is 0 Å². The second kappa shape index (κ2) is 6.38. The quantitative estimate of drug-likeness (QED) is 0.406. The van der Waals surface area contributed by atoms with Gasteiger partial charge < -0.3 is 4.57 Å². The molecule has 0 spiro atoms. The molecule has 0 saturated heterocycles. The number of rotatable bonds is 3. The minimum absolute atomic E-state index is 0.748. The molecule has 0 aliphatic carbocycles. The summed E-state index contributed by atoms with van der Waals surface area (Å²) >= 11 is 6.02. The molecule has 0 aliphatic heterocycles. The summed E-state index contributed by atoms with van der Waals surface area (Å²) < 4.78 is 2.15. The van der Waals surface area contributed by atoms with E-state index in [1.54, 1.807) is 0 Å². The Bertz CT molecular complexity index is 881. The van der Waals surface area contributed by atoms with Gasteiger partial charge in [0, 0.05) is 34.2 Å². The molecule has 1 heterocycles. The second-order valence-corrected chi connectivity index (χ2v) is 6.14. The third kappa shape index (κ3) is 2.86. The first-order chi connectivity index (χ1) is 11.8. The summed E-state index contributed by atoms with van der Waals surface area (Å²) in [6.07, 6.45) is 4.36. The van der Waals surface area contributed by atoms with Crippen molar-refractivity contribution in [3.8, 4) is 27.9 Å². The Hall–Kier alpha value is -2.77. The van der Waals surface area contributed by atoms with Crippen LogP contribution in [0.2, 0.25) is 5.02 Å². The highest BCUT2D eigenvalue weighted by Gasteiger charge is 2.11. The molecule has 116 valence electrons. The summed E-state index contributed by atoms with van der Waals surface area (Å²) in [6.45, 7) is 0. The highest BCUT2D eigenvalue weighted by atomic mass is 35.5. The van der Waals surface area contributed by atoms with E-state index in [1.165, 1.54) is 22.3 Å². The van der Waals surface area contributed by atoms with Crippen molar-refractivity contribution < 1.29 is 0 Å². The Balaban J connectivity index is 1.89. The fourth-order valence-electron chi connectivity index (χ4n) is 2.91. The molecule has 0 unspecified atom stereocenters. The number of benzene rings is 3. The molecular weight excluding hydrogens is 314 g/mol. The van der Waals surface area contributed by atoms with Crippen molar-refractivity contribution in [1.82, 2.24) is 4.57 Å². The largest absolute Gasteiger partial charge is 0.323 e. The van der Waals surface area contributed by atoms with Gasteiger partial charge in [-0.3, -0.25) is 0 Å². The highest BCUT2D eigenvalue weighted by molar-refractivity contribution is 6.30. The smallest absolute Gasteiger partial charge is 0.0450 e. The van der Waals surface area contributed by atoms with E-state index < -0.39 is 0 Å². The van der Waals surface area contributed by atoms with Gasteiger partial charge in [-0.15, -0.1) is 0 Å². The molecule has 4 aromatic rings. The molecule has 0 N–H and O–H groups in total. The lowest BCUT2D eigenvalue weighted by molar-refractivity contribution is 1.08. The Morgan fingerprint density at radius 1 is 0.542 bits per heavy atom. The summed E-state index contributed by atoms with van der Waals surface area (Å²) in [7, 11) is 0. The zero-order valence-electron chi connectivity index (χ0n) is 13.1. The van der Waals surface area contributed by atoms with Gasteiger partial charge in [-0.1, -0.05) is 72.3 Å². The van der Waals surface area contributed by atoms with Gasteiger partial charge in [0.2, 0.25) is 0 Å². The Morgan fingerprint density at radius 2 is 1.00 bits per heavy atom. The van der Waals surface area contributed by atoms with Crippen molar-refractivity contribution >= 4 is 11.6 Å². The lowest BCUT2D eigenvalue weighted by Crippen LogP contribution is -1.88. The molecule has 3 aromatic carbocycles. The van der Waals surface area contributed by atoms with Crippen LogP contribution in [0.1, 0.15) is 0 Å². The predicted octanol–water partition coefficient (Wildman–Crippen LogP) is 6.46. The van der Waals surface area contributed by atoms with Gasteiger partial charge in [-0.05, 0) is 35.4 Å². The van der Waals surface area contributed by atoms with E-state index in [4.69, 9.17) is 11.6 Å². The minimum atomic E-state index is 0.748. The van der Waals surface area contributed by atoms with Crippen molar-refractivity contribution in [2.45, 2.75) is 0 Å². The molecule has 0 atom stereocenters. The molecular formula is C22H16ClN. The average molecular weight is 330 g/mol. The maximum Gasteiger partial charge on any atom is 0.0450 e. The minimum Gasteiger partial charge on any atom is -0.323 e. The van der Waals surface area contributed by atoms with Crippen LogP contribution >= 0.6 is 11.6 Å². The summed E-state index contributed by atoms with van der Waals surface area (Å²) in [5.41, 5.74) is 5.96. The summed E-state index contributed by atoms with van der Waals surface area (Å²) in [6, 6.07) is 28.9. The van der Waals surface area contributed by atoms with Crippen molar-refractivity contribution in [2.24, 2.45) is 0 Å². The van der Waals surface area contributed by atoms with Gasteiger partial charge >= 0.3 is 0 Å². The first kappa shape index (κ1) is 14.8. The normalized spacial score (nSPS) is 10.7. The fraction of sp³-hybridized carbons (Fsp3) is 0. The van der Waals surface area contributed by atoms with Crippen LogP contribution in [-0.4, -0.2) is 4.57 Å². The molecule has 0 aliphatic rings. The zero-order chi connectivity index (χ0) is 16.4. The summed E-state index contributed by atoms with van der Waals surface area (Å²) in [5, 5.41) is 0.748. The lowest BCUT2D eigenvalue weighted by Gasteiger charge is -2.03. The molecule has 1 aromatic heterocycles. The van der Waals surface area contributed by atoms with Gasteiger partial charge in [-0.25, -0.2) is 0 Å². The van der Waals surface area contributed by atoms with Crippen LogP contribution in [0.3, 0.4) is 0 Å². The Morgan fingerprint density at radius 3 is 1.46 bits per heavy atom. The van der Waals surface area contributed by atoms with Crippen LogP contribution < -0.4 is 0 Å². The topological polar surface area (TPSA) is 4.93 Å². The Labute approximate surface area is 146 Å². The van der Waals surface area contributed by atoms with Crippen molar-refractivity contribution in [1.29, 1.82) is 0 Å². The molecule has 0 bridgehead atoms. The predicted molar refractivity (Wildman–Crippen MR) is 102 cm³/mol. The average Bonchev–Trinajstić information content (AvgIpc) is 3.09. The van der Waals surface area contributed by atoms with Gasteiger partial charge in [0.25, 0.3) is 0 Å². The van der Waals surface area contributed by atoms with Crippen LogP contribution in [0, 0.1) is 0 Å². The number of halogens is 1. The van der Waals surface area contributed by atoms with E-state index in [9.17, 15) is 0 Å². The first-order valence-electron chi connectivity index (χ1n) is 7.90. The SMILES string of the molecule is Clc1ccc(-n2cc(-c3ccccc3)c(-c3ccccc3)c2)cc1. The summed E-state index contributed by atoms with van der Waals surface area (Å²) in [4.78, 5) is 0. The molecule has 24 heavy (non-hydrogen) atoms. The second-order valence-electron chi connectivity index (χ2n) is 5.70.